The molecule has 0 saturated carbocycles. The summed E-state index contributed by atoms with van der Waals surface area (Å²) in [5.41, 5.74) is 1.50. The van der Waals surface area contributed by atoms with E-state index in [4.69, 9.17) is 5.26 Å². The maximum Gasteiger partial charge on any atom is 0.241 e. The predicted molar refractivity (Wildman–Crippen MR) is 59.5 cm³/mol. The molecule has 0 bridgehead atoms. The molecule has 0 aromatic heterocycles. The molecule has 2 atom stereocenters. The fraction of sp³-hybridized carbons (Fsp3) is 0.333. The van der Waals surface area contributed by atoms with Crippen LogP contribution in [0.25, 0.3) is 0 Å². The van der Waals surface area contributed by atoms with Crippen LogP contribution in [-0.4, -0.2) is 18.5 Å². The Morgan fingerprint density at radius 1 is 1.38 bits per heavy atom. The molecule has 16 heavy (non-hydrogen) atoms. The molecule has 1 amide bonds. The highest BCUT2D eigenvalue weighted by molar-refractivity contribution is 5.84. The first-order chi connectivity index (χ1) is 7.70. The lowest BCUT2D eigenvalue weighted by molar-refractivity contribution is -0.125. The van der Waals surface area contributed by atoms with Crippen LogP contribution in [0.1, 0.15) is 24.1 Å². The van der Waals surface area contributed by atoms with Crippen molar-refractivity contribution in [2.45, 2.75) is 19.0 Å². The Morgan fingerprint density at radius 2 is 2.06 bits per heavy atom. The van der Waals surface area contributed by atoms with Crippen molar-refractivity contribution in [2.24, 2.45) is 0 Å². The number of amides is 1. The molecular weight excluding hydrogens is 202 g/mol. The molecule has 0 aliphatic carbocycles. The summed E-state index contributed by atoms with van der Waals surface area (Å²) in [5.74, 6) is -0.0107. The van der Waals surface area contributed by atoms with Crippen LogP contribution in [0.5, 0.6) is 0 Å². The van der Waals surface area contributed by atoms with Crippen LogP contribution in [0.3, 0.4) is 0 Å². The van der Waals surface area contributed by atoms with E-state index in [1.54, 1.807) is 12.1 Å². The second kappa shape index (κ2) is 4.33. The molecule has 1 aliphatic heterocycles. The molecule has 4 heteroatoms. The summed E-state index contributed by atoms with van der Waals surface area (Å²) < 4.78 is 0. The largest absolute Gasteiger partial charge is 0.351 e. The van der Waals surface area contributed by atoms with E-state index >= 15 is 0 Å². The van der Waals surface area contributed by atoms with E-state index in [0.717, 1.165) is 12.1 Å². The van der Waals surface area contributed by atoms with Gasteiger partial charge in [-0.1, -0.05) is 12.1 Å². The molecule has 0 radical (unpaired) electrons. The molecule has 1 saturated heterocycles. The van der Waals surface area contributed by atoms with Gasteiger partial charge < -0.3 is 10.6 Å². The van der Waals surface area contributed by atoms with Gasteiger partial charge in [0.2, 0.25) is 5.91 Å². The van der Waals surface area contributed by atoms with Crippen molar-refractivity contribution in [1.82, 2.24) is 10.6 Å². The van der Waals surface area contributed by atoms with Gasteiger partial charge in [0, 0.05) is 12.6 Å². The molecule has 1 fully saturated rings. The number of nitrogens with zero attached hydrogens (tertiary/aromatic N) is 1. The molecule has 4 nitrogen and oxygen atoms in total. The number of hydrogen-bond acceptors (Lipinski definition) is 3. The lowest BCUT2D eigenvalue weighted by Crippen LogP contribution is -2.52. The lowest BCUT2D eigenvalue weighted by atomic mass is 10.0. The van der Waals surface area contributed by atoms with Crippen LogP contribution in [0.15, 0.2) is 24.3 Å². The molecule has 1 heterocycles. The Kier molecular flexibility index (Phi) is 2.88. The molecule has 0 spiro atoms. The first kappa shape index (κ1) is 10.7. The Labute approximate surface area is 94.3 Å². The number of carbonyl (C=O) groups is 1. The van der Waals surface area contributed by atoms with Gasteiger partial charge in [0.1, 0.15) is 6.04 Å². The standard InChI is InChI=1S/C12H13N3O/c1-8-7-14-11(12(16)15-8)10-4-2-9(6-13)3-5-10/h2-5,8,11,14H,7H2,1H3,(H,15,16)/t8-,11-/m1/s1. The van der Waals surface area contributed by atoms with Crippen molar-refractivity contribution in [3.8, 4) is 6.07 Å². The average molecular weight is 215 g/mol. The monoisotopic (exact) mass is 215 g/mol. The van der Waals surface area contributed by atoms with Crippen molar-refractivity contribution in [3.05, 3.63) is 35.4 Å². The summed E-state index contributed by atoms with van der Waals surface area (Å²) in [4.78, 5) is 11.7. The first-order valence-electron chi connectivity index (χ1n) is 5.24. The molecule has 2 rings (SSSR count). The summed E-state index contributed by atoms with van der Waals surface area (Å²) >= 11 is 0. The van der Waals surface area contributed by atoms with Gasteiger partial charge in [0.15, 0.2) is 0 Å². The summed E-state index contributed by atoms with van der Waals surface area (Å²) in [6.45, 7) is 2.72. The number of rotatable bonds is 1. The second-order valence-corrected chi connectivity index (χ2v) is 3.98. The minimum Gasteiger partial charge on any atom is -0.351 e. The Hall–Kier alpha value is -1.86. The topological polar surface area (TPSA) is 64.9 Å². The van der Waals surface area contributed by atoms with E-state index in [1.807, 2.05) is 19.1 Å². The third-order valence-electron chi connectivity index (χ3n) is 2.65. The van der Waals surface area contributed by atoms with Crippen LogP contribution in [0, 0.1) is 11.3 Å². The normalized spacial score (nSPS) is 24.6. The maximum atomic E-state index is 11.7. The fourth-order valence-corrected chi connectivity index (χ4v) is 1.78. The lowest BCUT2D eigenvalue weighted by Gasteiger charge is -2.28. The van der Waals surface area contributed by atoms with Gasteiger partial charge in [-0.25, -0.2) is 0 Å². The van der Waals surface area contributed by atoms with Crippen molar-refractivity contribution in [3.63, 3.8) is 0 Å². The quantitative estimate of drug-likeness (QED) is 0.725. The van der Waals surface area contributed by atoms with Gasteiger partial charge in [-0.2, -0.15) is 5.26 Å². The highest BCUT2D eigenvalue weighted by Crippen LogP contribution is 2.16. The van der Waals surface area contributed by atoms with Gasteiger partial charge in [-0.15, -0.1) is 0 Å². The number of piperazine rings is 1. The molecule has 82 valence electrons. The van der Waals surface area contributed by atoms with Gasteiger partial charge in [0.05, 0.1) is 11.6 Å². The average Bonchev–Trinajstić information content (AvgIpc) is 2.29. The van der Waals surface area contributed by atoms with Crippen molar-refractivity contribution < 1.29 is 4.79 Å². The highest BCUT2D eigenvalue weighted by atomic mass is 16.2. The van der Waals surface area contributed by atoms with Crippen LogP contribution in [-0.2, 0) is 4.79 Å². The predicted octanol–water partition coefficient (Wildman–Crippen LogP) is 0.707. The molecular formula is C12H13N3O. The van der Waals surface area contributed by atoms with E-state index in [9.17, 15) is 4.79 Å². The van der Waals surface area contributed by atoms with Gasteiger partial charge >= 0.3 is 0 Å². The SMILES string of the molecule is C[C@@H]1CN[C@H](c2ccc(C#N)cc2)C(=O)N1. The van der Waals surface area contributed by atoms with E-state index < -0.39 is 0 Å². The van der Waals surface area contributed by atoms with Gasteiger partial charge in [-0.3, -0.25) is 4.79 Å². The third kappa shape index (κ3) is 2.05. The first-order valence-corrected chi connectivity index (χ1v) is 5.24. The van der Waals surface area contributed by atoms with E-state index in [0.29, 0.717) is 5.56 Å². The van der Waals surface area contributed by atoms with Crippen molar-refractivity contribution in [2.75, 3.05) is 6.54 Å². The fourth-order valence-electron chi connectivity index (χ4n) is 1.78. The molecule has 1 aromatic rings. The highest BCUT2D eigenvalue weighted by Gasteiger charge is 2.26. The summed E-state index contributed by atoms with van der Waals surface area (Å²) in [6.07, 6.45) is 0. The summed E-state index contributed by atoms with van der Waals surface area (Å²) in [6, 6.07) is 8.99. The Bertz CT molecular complexity index is 433. The van der Waals surface area contributed by atoms with Crippen molar-refractivity contribution in [1.29, 1.82) is 5.26 Å². The van der Waals surface area contributed by atoms with Crippen molar-refractivity contribution >= 4 is 5.91 Å². The van der Waals surface area contributed by atoms with E-state index in [2.05, 4.69) is 16.7 Å². The van der Waals surface area contributed by atoms with Gasteiger partial charge in [-0.05, 0) is 24.6 Å². The molecule has 1 aromatic carbocycles. The van der Waals surface area contributed by atoms with Crippen LogP contribution in [0.2, 0.25) is 0 Å². The molecule has 0 unspecified atom stereocenters. The number of carbonyl (C=O) groups excluding carboxylic acids is 1. The zero-order valence-corrected chi connectivity index (χ0v) is 9.03. The maximum absolute atomic E-state index is 11.7. The molecule has 1 aliphatic rings. The third-order valence-corrected chi connectivity index (χ3v) is 2.65. The number of nitrogens with one attached hydrogen (secondary N) is 2. The zero-order chi connectivity index (χ0) is 11.5. The minimum atomic E-state index is -0.302. The van der Waals surface area contributed by atoms with Crippen LogP contribution in [0.4, 0.5) is 0 Å². The van der Waals surface area contributed by atoms with E-state index in [-0.39, 0.29) is 18.0 Å². The van der Waals surface area contributed by atoms with Crippen LogP contribution < -0.4 is 10.6 Å². The minimum absolute atomic E-state index is 0.0107. The molecule has 2 N–H and O–H groups in total. The smallest absolute Gasteiger partial charge is 0.241 e. The van der Waals surface area contributed by atoms with Gasteiger partial charge in [0.25, 0.3) is 0 Å². The zero-order valence-electron chi connectivity index (χ0n) is 9.03. The second-order valence-electron chi connectivity index (χ2n) is 3.98. The Morgan fingerprint density at radius 3 is 2.62 bits per heavy atom. The Balaban J connectivity index is 2.18. The number of hydrogen-bond donors (Lipinski definition) is 2. The van der Waals surface area contributed by atoms with Crippen LogP contribution >= 0.6 is 0 Å². The summed E-state index contributed by atoms with van der Waals surface area (Å²) in [5, 5.41) is 14.7. The number of nitriles is 1. The number of benzene rings is 1. The van der Waals surface area contributed by atoms with E-state index in [1.165, 1.54) is 0 Å². The summed E-state index contributed by atoms with van der Waals surface area (Å²) in [7, 11) is 0.